The van der Waals surface area contributed by atoms with E-state index in [0.29, 0.717) is 5.69 Å². The van der Waals surface area contributed by atoms with Crippen LogP contribution in [0.3, 0.4) is 0 Å². The number of nitrogens with zero attached hydrogens (tertiary/aromatic N) is 1. The molecule has 1 saturated carbocycles. The van der Waals surface area contributed by atoms with E-state index in [2.05, 4.69) is 4.98 Å². The summed E-state index contributed by atoms with van der Waals surface area (Å²) in [5.41, 5.74) is 6.57. The molecule has 1 heterocycles. The van der Waals surface area contributed by atoms with Gasteiger partial charge in [-0.1, -0.05) is 19.3 Å². The topological polar surface area (TPSA) is 59.1 Å². The fourth-order valence-corrected chi connectivity index (χ4v) is 2.20. The molecule has 0 bridgehead atoms. The molecule has 0 unspecified atom stereocenters. The first-order valence-corrected chi connectivity index (χ1v) is 5.15. The summed E-state index contributed by atoms with van der Waals surface area (Å²) in [4.78, 5) is 4.03. The molecule has 3 heteroatoms. The summed E-state index contributed by atoms with van der Waals surface area (Å²) in [6.45, 7) is 0. The third kappa shape index (κ3) is 1.60. The van der Waals surface area contributed by atoms with Crippen molar-refractivity contribution < 1.29 is 5.11 Å². The van der Waals surface area contributed by atoms with Crippen LogP contribution in [0.5, 0.6) is 0 Å². The van der Waals surface area contributed by atoms with E-state index in [-0.39, 0.29) is 0 Å². The number of aliphatic hydroxyl groups is 1. The third-order valence-corrected chi connectivity index (χ3v) is 3.04. The van der Waals surface area contributed by atoms with Gasteiger partial charge in [-0.05, 0) is 18.9 Å². The third-order valence-electron chi connectivity index (χ3n) is 3.04. The Morgan fingerprint density at radius 3 is 2.64 bits per heavy atom. The van der Waals surface area contributed by atoms with Crippen molar-refractivity contribution in [3.8, 4) is 0 Å². The van der Waals surface area contributed by atoms with Gasteiger partial charge in [0.25, 0.3) is 0 Å². The van der Waals surface area contributed by atoms with E-state index >= 15 is 0 Å². The molecule has 0 aliphatic heterocycles. The molecule has 0 amide bonds. The molecule has 1 fully saturated rings. The molecule has 1 aromatic rings. The van der Waals surface area contributed by atoms with Crippen molar-refractivity contribution in [2.45, 2.75) is 37.7 Å². The molecular weight excluding hydrogens is 176 g/mol. The van der Waals surface area contributed by atoms with Gasteiger partial charge in [0.2, 0.25) is 0 Å². The summed E-state index contributed by atoms with van der Waals surface area (Å²) in [5.74, 6) is 0. The van der Waals surface area contributed by atoms with Gasteiger partial charge >= 0.3 is 0 Å². The van der Waals surface area contributed by atoms with Crippen LogP contribution in [0.15, 0.2) is 18.5 Å². The smallest absolute Gasteiger partial charge is 0.0931 e. The van der Waals surface area contributed by atoms with Crippen LogP contribution in [0.4, 0.5) is 5.69 Å². The highest BCUT2D eigenvalue weighted by Crippen LogP contribution is 2.38. The average Bonchev–Trinajstić information content (AvgIpc) is 2.19. The summed E-state index contributed by atoms with van der Waals surface area (Å²) < 4.78 is 0. The molecule has 0 aromatic carbocycles. The van der Waals surface area contributed by atoms with Gasteiger partial charge in [0.05, 0.1) is 5.60 Å². The zero-order valence-corrected chi connectivity index (χ0v) is 8.24. The summed E-state index contributed by atoms with van der Waals surface area (Å²) in [7, 11) is 0. The molecule has 2 rings (SSSR count). The predicted molar refractivity (Wildman–Crippen MR) is 55.6 cm³/mol. The van der Waals surface area contributed by atoms with Gasteiger partial charge in [0.15, 0.2) is 0 Å². The van der Waals surface area contributed by atoms with Crippen molar-refractivity contribution in [3.05, 3.63) is 24.0 Å². The Morgan fingerprint density at radius 2 is 2.00 bits per heavy atom. The van der Waals surface area contributed by atoms with Crippen LogP contribution in [0.2, 0.25) is 0 Å². The lowest BCUT2D eigenvalue weighted by Gasteiger charge is -2.32. The second kappa shape index (κ2) is 3.58. The molecule has 1 aliphatic rings. The van der Waals surface area contributed by atoms with Gasteiger partial charge < -0.3 is 10.8 Å². The molecule has 14 heavy (non-hydrogen) atoms. The Balaban J connectivity index is 2.32. The van der Waals surface area contributed by atoms with Crippen molar-refractivity contribution in [3.63, 3.8) is 0 Å². The summed E-state index contributed by atoms with van der Waals surface area (Å²) in [6.07, 6.45) is 8.33. The minimum absolute atomic E-state index is 0.657. The molecule has 0 atom stereocenters. The van der Waals surface area contributed by atoms with E-state index in [1.165, 1.54) is 6.42 Å². The maximum Gasteiger partial charge on any atom is 0.0931 e. The number of hydrogen-bond acceptors (Lipinski definition) is 3. The minimum atomic E-state index is -0.726. The van der Waals surface area contributed by atoms with E-state index in [9.17, 15) is 5.11 Å². The van der Waals surface area contributed by atoms with Crippen LogP contribution >= 0.6 is 0 Å². The SMILES string of the molecule is Nc1ccncc1C1(O)CCCCC1. The highest BCUT2D eigenvalue weighted by Gasteiger charge is 2.32. The van der Waals surface area contributed by atoms with E-state index in [1.807, 2.05) is 0 Å². The molecule has 3 nitrogen and oxygen atoms in total. The number of pyridine rings is 1. The van der Waals surface area contributed by atoms with Crippen LogP contribution in [-0.2, 0) is 5.60 Å². The normalized spacial score (nSPS) is 20.6. The first kappa shape index (κ1) is 9.46. The number of nitrogen functional groups attached to an aromatic ring is 1. The lowest BCUT2D eigenvalue weighted by atomic mass is 9.80. The highest BCUT2D eigenvalue weighted by molar-refractivity contribution is 5.47. The van der Waals surface area contributed by atoms with Gasteiger partial charge in [-0.3, -0.25) is 4.98 Å². The average molecular weight is 192 g/mol. The van der Waals surface area contributed by atoms with Gasteiger partial charge in [0.1, 0.15) is 0 Å². The first-order valence-electron chi connectivity index (χ1n) is 5.15. The van der Waals surface area contributed by atoms with Crippen LogP contribution < -0.4 is 5.73 Å². The number of rotatable bonds is 1. The van der Waals surface area contributed by atoms with Gasteiger partial charge in [-0.25, -0.2) is 0 Å². The Kier molecular flexibility index (Phi) is 2.42. The lowest BCUT2D eigenvalue weighted by Crippen LogP contribution is -2.29. The second-order valence-electron chi connectivity index (χ2n) is 4.06. The molecular formula is C11H16N2O. The predicted octanol–water partition coefficient (Wildman–Crippen LogP) is 1.82. The van der Waals surface area contributed by atoms with Crippen molar-refractivity contribution in [2.75, 3.05) is 5.73 Å². The number of aromatic nitrogens is 1. The zero-order chi connectivity index (χ0) is 10.0. The molecule has 0 spiro atoms. The Morgan fingerprint density at radius 1 is 1.29 bits per heavy atom. The number of hydrogen-bond donors (Lipinski definition) is 2. The van der Waals surface area contributed by atoms with Crippen LogP contribution in [0.25, 0.3) is 0 Å². The van der Waals surface area contributed by atoms with Crippen LogP contribution in [-0.4, -0.2) is 10.1 Å². The zero-order valence-electron chi connectivity index (χ0n) is 8.24. The highest BCUT2D eigenvalue weighted by atomic mass is 16.3. The van der Waals surface area contributed by atoms with Gasteiger partial charge in [0, 0.05) is 23.6 Å². The Labute approximate surface area is 84.0 Å². The van der Waals surface area contributed by atoms with E-state index in [0.717, 1.165) is 31.2 Å². The van der Waals surface area contributed by atoms with Crippen LogP contribution in [0, 0.1) is 0 Å². The molecule has 1 aliphatic carbocycles. The fourth-order valence-electron chi connectivity index (χ4n) is 2.20. The summed E-state index contributed by atoms with van der Waals surface area (Å²) in [6, 6.07) is 1.75. The van der Waals surface area contributed by atoms with E-state index < -0.39 is 5.60 Å². The molecule has 76 valence electrons. The second-order valence-corrected chi connectivity index (χ2v) is 4.06. The van der Waals surface area contributed by atoms with E-state index in [4.69, 9.17) is 5.73 Å². The molecule has 0 saturated heterocycles. The van der Waals surface area contributed by atoms with Gasteiger partial charge in [-0.2, -0.15) is 0 Å². The summed E-state index contributed by atoms with van der Waals surface area (Å²) in [5, 5.41) is 10.4. The van der Waals surface area contributed by atoms with Crippen molar-refractivity contribution in [1.29, 1.82) is 0 Å². The quantitative estimate of drug-likeness (QED) is 0.713. The van der Waals surface area contributed by atoms with E-state index in [1.54, 1.807) is 18.5 Å². The molecule has 0 radical (unpaired) electrons. The van der Waals surface area contributed by atoms with Crippen molar-refractivity contribution in [1.82, 2.24) is 4.98 Å². The minimum Gasteiger partial charge on any atom is -0.398 e. The molecule has 1 aromatic heterocycles. The fraction of sp³-hybridized carbons (Fsp3) is 0.545. The van der Waals surface area contributed by atoms with Crippen molar-refractivity contribution in [2.24, 2.45) is 0 Å². The first-order chi connectivity index (χ1) is 6.72. The maximum atomic E-state index is 10.4. The lowest BCUT2D eigenvalue weighted by molar-refractivity contribution is -0.000207. The van der Waals surface area contributed by atoms with Gasteiger partial charge in [-0.15, -0.1) is 0 Å². The standard InChI is InChI=1S/C11H16N2O/c12-10-4-7-13-8-9(10)11(14)5-2-1-3-6-11/h4,7-8,14H,1-3,5-6H2,(H2,12,13). The monoisotopic (exact) mass is 192 g/mol. The molecule has 3 N–H and O–H groups in total. The largest absolute Gasteiger partial charge is 0.398 e. The Bertz CT molecular complexity index is 319. The Hall–Kier alpha value is -1.09. The summed E-state index contributed by atoms with van der Waals surface area (Å²) >= 11 is 0. The number of nitrogens with two attached hydrogens (primary N) is 1. The van der Waals surface area contributed by atoms with Crippen LogP contribution in [0.1, 0.15) is 37.7 Å². The number of anilines is 1. The maximum absolute atomic E-state index is 10.4. The van der Waals surface area contributed by atoms with Crippen molar-refractivity contribution >= 4 is 5.69 Å².